The maximum absolute atomic E-state index is 8.63. The van der Waals surface area contributed by atoms with Gasteiger partial charge in [0.2, 0.25) is 0 Å². The molecular weight excluding hydrogens is 184 g/mol. The molecule has 4 heteroatoms. The van der Waals surface area contributed by atoms with E-state index in [0.29, 0.717) is 0 Å². The third-order valence-electron chi connectivity index (χ3n) is 1.77. The predicted molar refractivity (Wildman–Crippen MR) is 55.9 cm³/mol. The molecule has 1 N–H and O–H groups in total. The molecule has 1 aromatic rings. The van der Waals surface area contributed by atoms with Crippen molar-refractivity contribution in [2.75, 3.05) is 12.4 Å². The van der Waals surface area contributed by atoms with Crippen LogP contribution in [0.1, 0.15) is 18.3 Å². The molecule has 3 nitrogen and oxygen atoms in total. The third-order valence-corrected chi connectivity index (χ3v) is 2.74. The van der Waals surface area contributed by atoms with Gasteiger partial charge in [-0.2, -0.15) is 16.9 Å². The zero-order chi connectivity index (χ0) is 9.68. The number of aliphatic hydroxyl groups excluding tert-OH is 1. The minimum Gasteiger partial charge on any atom is -0.396 e. The lowest BCUT2D eigenvalue weighted by Gasteiger charge is -2.02. The predicted octanol–water partition coefficient (Wildman–Crippen LogP) is 1.44. The van der Waals surface area contributed by atoms with Crippen LogP contribution in [-0.2, 0) is 12.3 Å². The van der Waals surface area contributed by atoms with E-state index >= 15 is 0 Å². The lowest BCUT2D eigenvalue weighted by atomic mass is 10.4. The molecule has 0 aromatic carbocycles. The van der Waals surface area contributed by atoms with E-state index in [-0.39, 0.29) is 6.61 Å². The van der Waals surface area contributed by atoms with Crippen LogP contribution in [0, 0.1) is 6.92 Å². The largest absolute Gasteiger partial charge is 0.396 e. The van der Waals surface area contributed by atoms with Crippen LogP contribution in [0.25, 0.3) is 0 Å². The zero-order valence-corrected chi connectivity index (χ0v) is 8.97. The molecule has 0 bridgehead atoms. The van der Waals surface area contributed by atoms with Gasteiger partial charge in [-0.1, -0.05) is 0 Å². The van der Waals surface area contributed by atoms with Crippen molar-refractivity contribution in [1.82, 2.24) is 9.78 Å². The molecule has 0 fully saturated rings. The van der Waals surface area contributed by atoms with Crippen LogP contribution in [0.2, 0.25) is 0 Å². The maximum atomic E-state index is 8.63. The number of thioether (sulfide) groups is 1. The second-order valence-corrected chi connectivity index (χ2v) is 3.97. The molecule has 0 aliphatic rings. The summed E-state index contributed by atoms with van der Waals surface area (Å²) in [5.74, 6) is 1.74. The Morgan fingerprint density at radius 2 is 2.38 bits per heavy atom. The molecule has 0 saturated carbocycles. The summed E-state index contributed by atoms with van der Waals surface area (Å²) in [6.07, 6.45) is 0. The first kappa shape index (κ1) is 10.6. The SMILES string of the molecule is CCn1nc(C)cc1CSCCO. The van der Waals surface area contributed by atoms with E-state index in [1.807, 2.05) is 11.6 Å². The van der Waals surface area contributed by atoms with Crippen molar-refractivity contribution >= 4 is 11.8 Å². The van der Waals surface area contributed by atoms with Crippen molar-refractivity contribution in [3.63, 3.8) is 0 Å². The van der Waals surface area contributed by atoms with Crippen LogP contribution >= 0.6 is 11.8 Å². The normalized spacial score (nSPS) is 10.7. The lowest BCUT2D eigenvalue weighted by Crippen LogP contribution is -2.01. The highest BCUT2D eigenvalue weighted by Gasteiger charge is 2.02. The average Bonchev–Trinajstić information content (AvgIpc) is 2.47. The minimum atomic E-state index is 0.254. The van der Waals surface area contributed by atoms with Gasteiger partial charge in [-0.25, -0.2) is 0 Å². The highest BCUT2D eigenvalue weighted by Crippen LogP contribution is 2.12. The number of hydrogen-bond donors (Lipinski definition) is 1. The molecule has 0 aliphatic heterocycles. The molecule has 1 rings (SSSR count). The standard InChI is InChI=1S/C9H16N2OS/c1-3-11-9(6-8(2)10-11)7-13-5-4-12/h6,12H,3-5,7H2,1-2H3. The first-order valence-corrected chi connectivity index (χ1v) is 5.65. The molecule has 0 radical (unpaired) electrons. The second kappa shape index (κ2) is 5.29. The van der Waals surface area contributed by atoms with Crippen molar-refractivity contribution in [2.24, 2.45) is 0 Å². The second-order valence-electron chi connectivity index (χ2n) is 2.87. The number of nitrogens with zero attached hydrogens (tertiary/aromatic N) is 2. The van der Waals surface area contributed by atoms with Crippen LogP contribution in [0.15, 0.2) is 6.07 Å². The molecule has 0 unspecified atom stereocenters. The Hall–Kier alpha value is -0.480. The van der Waals surface area contributed by atoms with Crippen molar-refractivity contribution in [2.45, 2.75) is 26.1 Å². The van der Waals surface area contributed by atoms with Crippen LogP contribution in [0.3, 0.4) is 0 Å². The Balaban J connectivity index is 2.53. The summed E-state index contributed by atoms with van der Waals surface area (Å²) >= 11 is 1.74. The van der Waals surface area contributed by atoms with Gasteiger partial charge in [0.1, 0.15) is 0 Å². The number of aliphatic hydroxyl groups is 1. The zero-order valence-electron chi connectivity index (χ0n) is 8.16. The first-order valence-electron chi connectivity index (χ1n) is 4.50. The molecule has 13 heavy (non-hydrogen) atoms. The van der Waals surface area contributed by atoms with Gasteiger partial charge >= 0.3 is 0 Å². The molecule has 1 heterocycles. The van der Waals surface area contributed by atoms with Crippen LogP contribution in [-0.4, -0.2) is 27.2 Å². The molecule has 1 aromatic heterocycles. The van der Waals surface area contributed by atoms with E-state index in [2.05, 4.69) is 18.1 Å². The van der Waals surface area contributed by atoms with Crippen LogP contribution in [0.4, 0.5) is 0 Å². The van der Waals surface area contributed by atoms with Crippen LogP contribution in [0.5, 0.6) is 0 Å². The van der Waals surface area contributed by atoms with E-state index in [0.717, 1.165) is 23.7 Å². The Morgan fingerprint density at radius 1 is 1.62 bits per heavy atom. The fourth-order valence-electron chi connectivity index (χ4n) is 1.23. The average molecular weight is 200 g/mol. The highest BCUT2D eigenvalue weighted by atomic mass is 32.2. The van der Waals surface area contributed by atoms with Crippen molar-refractivity contribution in [3.8, 4) is 0 Å². The topological polar surface area (TPSA) is 38.0 Å². The van der Waals surface area contributed by atoms with E-state index in [9.17, 15) is 0 Å². The molecule has 0 atom stereocenters. The van der Waals surface area contributed by atoms with Gasteiger partial charge in [-0.15, -0.1) is 0 Å². The van der Waals surface area contributed by atoms with Gasteiger partial charge in [0.15, 0.2) is 0 Å². The Morgan fingerprint density at radius 3 is 3.00 bits per heavy atom. The molecule has 0 spiro atoms. The lowest BCUT2D eigenvalue weighted by molar-refractivity contribution is 0.322. The summed E-state index contributed by atoms with van der Waals surface area (Å²) < 4.78 is 2.01. The van der Waals surface area contributed by atoms with E-state index in [1.165, 1.54) is 5.69 Å². The molecular formula is C9H16N2OS. The summed E-state index contributed by atoms with van der Waals surface area (Å²) in [5, 5.41) is 13.0. The monoisotopic (exact) mass is 200 g/mol. The number of hydrogen-bond acceptors (Lipinski definition) is 3. The summed E-state index contributed by atoms with van der Waals surface area (Å²) in [6, 6.07) is 2.11. The van der Waals surface area contributed by atoms with Crippen molar-refractivity contribution in [1.29, 1.82) is 0 Å². The Labute approximate surface area is 83.1 Å². The van der Waals surface area contributed by atoms with Gasteiger partial charge in [-0.3, -0.25) is 4.68 Å². The maximum Gasteiger partial charge on any atom is 0.0596 e. The van der Waals surface area contributed by atoms with Gasteiger partial charge < -0.3 is 5.11 Å². The fourth-order valence-corrected chi connectivity index (χ4v) is 1.95. The summed E-state index contributed by atoms with van der Waals surface area (Å²) in [6.45, 7) is 5.27. The van der Waals surface area contributed by atoms with E-state index < -0.39 is 0 Å². The van der Waals surface area contributed by atoms with E-state index in [1.54, 1.807) is 11.8 Å². The van der Waals surface area contributed by atoms with Crippen molar-refractivity contribution in [3.05, 3.63) is 17.5 Å². The fraction of sp³-hybridized carbons (Fsp3) is 0.667. The summed E-state index contributed by atoms with van der Waals surface area (Å²) in [4.78, 5) is 0. The smallest absolute Gasteiger partial charge is 0.0596 e. The summed E-state index contributed by atoms with van der Waals surface area (Å²) in [5.41, 5.74) is 2.32. The van der Waals surface area contributed by atoms with Crippen molar-refractivity contribution < 1.29 is 5.11 Å². The van der Waals surface area contributed by atoms with Crippen LogP contribution < -0.4 is 0 Å². The number of aryl methyl sites for hydroxylation is 2. The van der Waals surface area contributed by atoms with E-state index in [4.69, 9.17) is 5.11 Å². The summed E-state index contributed by atoms with van der Waals surface area (Å²) in [7, 11) is 0. The van der Waals surface area contributed by atoms with Gasteiger partial charge in [-0.05, 0) is 19.9 Å². The number of aromatic nitrogens is 2. The quantitative estimate of drug-likeness (QED) is 0.731. The number of rotatable bonds is 5. The highest BCUT2D eigenvalue weighted by molar-refractivity contribution is 7.98. The third kappa shape index (κ3) is 3.04. The first-order chi connectivity index (χ1) is 6.27. The van der Waals surface area contributed by atoms with Gasteiger partial charge in [0.05, 0.1) is 12.3 Å². The molecule has 0 amide bonds. The molecule has 0 saturated heterocycles. The Kier molecular flexibility index (Phi) is 4.32. The molecule has 0 aliphatic carbocycles. The van der Waals surface area contributed by atoms with Gasteiger partial charge in [0.25, 0.3) is 0 Å². The molecule has 74 valence electrons. The van der Waals surface area contributed by atoms with Gasteiger partial charge in [0, 0.05) is 23.7 Å². The minimum absolute atomic E-state index is 0.254. The Bertz CT molecular complexity index is 260.